The Bertz CT molecular complexity index is 395. The van der Waals surface area contributed by atoms with E-state index in [9.17, 15) is 4.79 Å². The zero-order chi connectivity index (χ0) is 12.0. The van der Waals surface area contributed by atoms with Crippen LogP contribution >= 0.6 is 0 Å². The van der Waals surface area contributed by atoms with Crippen LogP contribution in [0.15, 0.2) is 49.6 Å². The SMILES string of the molecule is C=CCc1ccccc1C(=O)N(C)CC=C. The molecule has 0 spiro atoms. The third-order valence-electron chi connectivity index (χ3n) is 2.36. The van der Waals surface area contributed by atoms with Crippen LogP contribution < -0.4 is 0 Å². The van der Waals surface area contributed by atoms with Crippen molar-refractivity contribution in [3.05, 3.63) is 60.7 Å². The first kappa shape index (κ1) is 12.2. The number of likely N-dealkylation sites (N-methyl/N-ethyl adjacent to an activating group) is 1. The van der Waals surface area contributed by atoms with E-state index in [2.05, 4.69) is 13.2 Å². The fourth-order valence-electron chi connectivity index (χ4n) is 1.54. The van der Waals surface area contributed by atoms with Gasteiger partial charge in [-0.15, -0.1) is 13.2 Å². The number of benzene rings is 1. The highest BCUT2D eigenvalue weighted by Crippen LogP contribution is 2.12. The predicted octanol–water partition coefficient (Wildman–Crippen LogP) is 2.67. The van der Waals surface area contributed by atoms with E-state index < -0.39 is 0 Å². The van der Waals surface area contributed by atoms with Gasteiger partial charge in [0.15, 0.2) is 0 Å². The molecule has 0 aromatic heterocycles. The molecule has 1 amide bonds. The minimum absolute atomic E-state index is 0.0253. The number of amides is 1. The number of nitrogens with zero attached hydrogens (tertiary/aromatic N) is 1. The summed E-state index contributed by atoms with van der Waals surface area (Å²) in [5.74, 6) is 0.0253. The summed E-state index contributed by atoms with van der Waals surface area (Å²) in [6, 6.07) is 7.61. The Morgan fingerprint density at radius 3 is 2.62 bits per heavy atom. The van der Waals surface area contributed by atoms with Gasteiger partial charge in [0.05, 0.1) is 0 Å². The van der Waals surface area contributed by atoms with Gasteiger partial charge in [0.1, 0.15) is 0 Å². The molecule has 0 aliphatic rings. The highest BCUT2D eigenvalue weighted by Gasteiger charge is 2.13. The quantitative estimate of drug-likeness (QED) is 0.691. The summed E-state index contributed by atoms with van der Waals surface area (Å²) in [7, 11) is 1.77. The van der Waals surface area contributed by atoms with Crippen LogP contribution in [0, 0.1) is 0 Å². The highest BCUT2D eigenvalue weighted by atomic mass is 16.2. The Morgan fingerprint density at radius 2 is 2.00 bits per heavy atom. The largest absolute Gasteiger partial charge is 0.338 e. The summed E-state index contributed by atoms with van der Waals surface area (Å²) >= 11 is 0. The van der Waals surface area contributed by atoms with E-state index in [1.54, 1.807) is 24.1 Å². The van der Waals surface area contributed by atoms with Crippen molar-refractivity contribution in [2.75, 3.05) is 13.6 Å². The zero-order valence-electron chi connectivity index (χ0n) is 9.65. The van der Waals surface area contributed by atoms with Crippen LogP contribution in [0.2, 0.25) is 0 Å². The van der Waals surface area contributed by atoms with Gasteiger partial charge in [-0.2, -0.15) is 0 Å². The van der Waals surface area contributed by atoms with Crippen LogP contribution in [0.5, 0.6) is 0 Å². The lowest BCUT2D eigenvalue weighted by atomic mass is 10.0. The van der Waals surface area contributed by atoms with Gasteiger partial charge in [0, 0.05) is 19.2 Å². The summed E-state index contributed by atoms with van der Waals surface area (Å²) in [6.45, 7) is 7.88. The Kier molecular flexibility index (Phi) is 4.52. The topological polar surface area (TPSA) is 20.3 Å². The molecule has 0 saturated carbocycles. The highest BCUT2D eigenvalue weighted by molar-refractivity contribution is 5.95. The molecule has 0 N–H and O–H groups in total. The molecule has 84 valence electrons. The monoisotopic (exact) mass is 215 g/mol. The van der Waals surface area contributed by atoms with E-state index in [-0.39, 0.29) is 5.91 Å². The summed E-state index contributed by atoms with van der Waals surface area (Å²) < 4.78 is 0. The van der Waals surface area contributed by atoms with E-state index in [0.717, 1.165) is 11.1 Å². The Labute approximate surface area is 96.9 Å². The lowest BCUT2D eigenvalue weighted by Gasteiger charge is -2.16. The molecule has 1 aromatic carbocycles. The molecule has 0 radical (unpaired) electrons. The molecule has 0 heterocycles. The van der Waals surface area contributed by atoms with Gasteiger partial charge in [-0.25, -0.2) is 0 Å². The molecule has 0 saturated heterocycles. The predicted molar refractivity (Wildman–Crippen MR) is 67.5 cm³/mol. The van der Waals surface area contributed by atoms with Crippen LogP contribution in [0.4, 0.5) is 0 Å². The van der Waals surface area contributed by atoms with Crippen molar-refractivity contribution < 1.29 is 4.79 Å². The van der Waals surface area contributed by atoms with Gasteiger partial charge >= 0.3 is 0 Å². The smallest absolute Gasteiger partial charge is 0.254 e. The molecule has 0 aliphatic carbocycles. The number of hydrogen-bond donors (Lipinski definition) is 0. The average Bonchev–Trinajstić information content (AvgIpc) is 2.29. The Morgan fingerprint density at radius 1 is 1.31 bits per heavy atom. The number of hydrogen-bond acceptors (Lipinski definition) is 1. The first-order chi connectivity index (χ1) is 7.70. The van der Waals surface area contributed by atoms with Crippen molar-refractivity contribution >= 4 is 5.91 Å². The summed E-state index contributed by atoms with van der Waals surface area (Å²) in [4.78, 5) is 13.7. The third-order valence-corrected chi connectivity index (χ3v) is 2.36. The molecule has 0 fully saturated rings. The molecule has 0 bridgehead atoms. The van der Waals surface area contributed by atoms with Crippen LogP contribution in [-0.4, -0.2) is 24.4 Å². The Hall–Kier alpha value is -1.83. The second-order valence-electron chi connectivity index (χ2n) is 3.62. The maximum absolute atomic E-state index is 12.1. The minimum Gasteiger partial charge on any atom is -0.338 e. The maximum Gasteiger partial charge on any atom is 0.254 e. The number of carbonyl (C=O) groups is 1. The Balaban J connectivity index is 2.97. The number of carbonyl (C=O) groups excluding carboxylic acids is 1. The lowest BCUT2D eigenvalue weighted by molar-refractivity contribution is 0.0809. The molecule has 1 rings (SSSR count). The van der Waals surface area contributed by atoms with Gasteiger partial charge in [-0.05, 0) is 18.1 Å². The molecule has 1 aromatic rings. The summed E-state index contributed by atoms with van der Waals surface area (Å²) in [6.07, 6.45) is 4.23. The molecule has 0 atom stereocenters. The molecule has 0 aliphatic heterocycles. The van der Waals surface area contributed by atoms with Crippen molar-refractivity contribution in [3.8, 4) is 0 Å². The minimum atomic E-state index is 0.0253. The summed E-state index contributed by atoms with van der Waals surface area (Å²) in [5, 5.41) is 0. The van der Waals surface area contributed by atoms with E-state index in [0.29, 0.717) is 13.0 Å². The van der Waals surface area contributed by atoms with Crippen LogP contribution in [0.1, 0.15) is 15.9 Å². The zero-order valence-corrected chi connectivity index (χ0v) is 9.65. The van der Waals surface area contributed by atoms with Crippen LogP contribution in [0.3, 0.4) is 0 Å². The molecule has 0 unspecified atom stereocenters. The average molecular weight is 215 g/mol. The maximum atomic E-state index is 12.1. The van der Waals surface area contributed by atoms with Crippen molar-refractivity contribution in [3.63, 3.8) is 0 Å². The standard InChI is InChI=1S/C14H17NO/c1-4-8-12-9-6-7-10-13(12)14(16)15(3)11-5-2/h4-7,9-10H,1-2,8,11H2,3H3. The number of allylic oxidation sites excluding steroid dienone is 1. The summed E-state index contributed by atoms with van der Waals surface area (Å²) in [5.41, 5.74) is 1.75. The fraction of sp³-hybridized carbons (Fsp3) is 0.214. The second kappa shape index (κ2) is 5.91. The van der Waals surface area contributed by atoms with Gasteiger partial charge in [-0.3, -0.25) is 4.79 Å². The normalized spacial score (nSPS) is 9.56. The van der Waals surface area contributed by atoms with E-state index >= 15 is 0 Å². The van der Waals surface area contributed by atoms with Crippen molar-refractivity contribution in [2.24, 2.45) is 0 Å². The van der Waals surface area contributed by atoms with Gasteiger partial charge < -0.3 is 4.90 Å². The lowest BCUT2D eigenvalue weighted by Crippen LogP contribution is -2.27. The molecular weight excluding hydrogens is 198 g/mol. The second-order valence-corrected chi connectivity index (χ2v) is 3.62. The molecule has 16 heavy (non-hydrogen) atoms. The molecule has 2 nitrogen and oxygen atoms in total. The van der Waals surface area contributed by atoms with E-state index in [1.807, 2.05) is 24.3 Å². The van der Waals surface area contributed by atoms with Crippen LogP contribution in [-0.2, 0) is 6.42 Å². The van der Waals surface area contributed by atoms with Crippen molar-refractivity contribution in [2.45, 2.75) is 6.42 Å². The third kappa shape index (κ3) is 2.83. The number of rotatable bonds is 5. The van der Waals surface area contributed by atoms with Crippen LogP contribution in [0.25, 0.3) is 0 Å². The first-order valence-corrected chi connectivity index (χ1v) is 5.26. The van der Waals surface area contributed by atoms with Gasteiger partial charge in [0.2, 0.25) is 0 Å². The van der Waals surface area contributed by atoms with Crippen molar-refractivity contribution in [1.82, 2.24) is 4.90 Å². The van der Waals surface area contributed by atoms with Crippen molar-refractivity contribution in [1.29, 1.82) is 0 Å². The first-order valence-electron chi connectivity index (χ1n) is 5.26. The van der Waals surface area contributed by atoms with Gasteiger partial charge in [0.25, 0.3) is 5.91 Å². The molecular formula is C14H17NO. The molecule has 2 heteroatoms. The van der Waals surface area contributed by atoms with E-state index in [4.69, 9.17) is 0 Å². The van der Waals surface area contributed by atoms with Gasteiger partial charge in [-0.1, -0.05) is 30.4 Å². The van der Waals surface area contributed by atoms with E-state index in [1.165, 1.54) is 0 Å². The fourth-order valence-corrected chi connectivity index (χ4v) is 1.54.